The highest BCUT2D eigenvalue weighted by Gasteiger charge is 2.32. The van der Waals surface area contributed by atoms with Gasteiger partial charge in [0.15, 0.2) is 0 Å². The Morgan fingerprint density at radius 3 is 2.88 bits per heavy atom. The molecule has 0 aromatic heterocycles. The summed E-state index contributed by atoms with van der Waals surface area (Å²) >= 11 is 1.97. The summed E-state index contributed by atoms with van der Waals surface area (Å²) < 4.78 is 11.9. The van der Waals surface area contributed by atoms with Crippen LogP contribution in [-0.4, -0.2) is 55.2 Å². The zero-order chi connectivity index (χ0) is 16.2. The molecule has 0 amide bonds. The number of hydrogen-bond donors (Lipinski definition) is 0. The summed E-state index contributed by atoms with van der Waals surface area (Å²) in [6.45, 7) is 4.80. The Morgan fingerprint density at radius 1 is 1.12 bits per heavy atom. The van der Waals surface area contributed by atoms with E-state index in [0.29, 0.717) is 23.3 Å². The Bertz CT molecular complexity index is 510. The molecule has 0 aromatic rings. The fourth-order valence-electron chi connectivity index (χ4n) is 4.45. The maximum Gasteiger partial charge on any atom is 0.0730 e. The van der Waals surface area contributed by atoms with E-state index < -0.39 is 0 Å². The molecule has 0 spiro atoms. The van der Waals surface area contributed by atoms with Gasteiger partial charge in [-0.1, -0.05) is 42.7 Å². The second-order valence-corrected chi connectivity index (χ2v) is 8.30. The summed E-state index contributed by atoms with van der Waals surface area (Å²) in [6, 6.07) is 0.611. The van der Waals surface area contributed by atoms with Crippen LogP contribution in [0, 0.1) is 5.92 Å². The van der Waals surface area contributed by atoms with Crippen LogP contribution >= 0.6 is 11.8 Å². The quantitative estimate of drug-likeness (QED) is 0.754. The molecule has 2 fully saturated rings. The van der Waals surface area contributed by atoms with Gasteiger partial charge in [0.25, 0.3) is 0 Å². The second kappa shape index (κ2) is 8.22. The first-order valence-corrected chi connectivity index (χ1v) is 10.5. The minimum atomic E-state index is 0.420. The van der Waals surface area contributed by atoms with Crippen LogP contribution in [0.4, 0.5) is 0 Å². The van der Waals surface area contributed by atoms with Crippen molar-refractivity contribution < 1.29 is 9.47 Å². The van der Waals surface area contributed by atoms with Crippen molar-refractivity contribution in [1.29, 1.82) is 0 Å². The van der Waals surface area contributed by atoms with Crippen molar-refractivity contribution in [1.82, 2.24) is 4.90 Å². The smallest absolute Gasteiger partial charge is 0.0730 e. The van der Waals surface area contributed by atoms with E-state index >= 15 is 0 Å². The molecule has 1 saturated carbocycles. The molecule has 24 heavy (non-hydrogen) atoms. The number of morpholine rings is 1. The van der Waals surface area contributed by atoms with E-state index in [4.69, 9.17) is 9.47 Å². The van der Waals surface area contributed by atoms with Gasteiger partial charge in [-0.15, -0.1) is 11.8 Å². The van der Waals surface area contributed by atoms with Crippen LogP contribution < -0.4 is 0 Å². The number of rotatable bonds is 5. The van der Waals surface area contributed by atoms with Gasteiger partial charge in [-0.3, -0.25) is 4.90 Å². The van der Waals surface area contributed by atoms with Crippen molar-refractivity contribution in [3.8, 4) is 0 Å². The normalized spacial score (nSPS) is 36.6. The van der Waals surface area contributed by atoms with Gasteiger partial charge in [0.2, 0.25) is 0 Å². The molecule has 4 aliphatic rings. The van der Waals surface area contributed by atoms with Gasteiger partial charge in [-0.2, -0.15) is 0 Å². The minimum absolute atomic E-state index is 0.420. The third-order valence-corrected chi connectivity index (χ3v) is 7.00. The number of thioether (sulfide) groups is 1. The van der Waals surface area contributed by atoms with E-state index in [0.717, 1.165) is 39.3 Å². The van der Waals surface area contributed by atoms with Crippen LogP contribution in [-0.2, 0) is 9.47 Å². The maximum absolute atomic E-state index is 6.42. The third-order valence-electron chi connectivity index (χ3n) is 5.79. The van der Waals surface area contributed by atoms with Crippen LogP contribution in [0.2, 0.25) is 0 Å². The van der Waals surface area contributed by atoms with Crippen molar-refractivity contribution in [2.75, 3.05) is 32.9 Å². The van der Waals surface area contributed by atoms with Gasteiger partial charge in [0, 0.05) is 30.3 Å². The van der Waals surface area contributed by atoms with Gasteiger partial charge < -0.3 is 9.47 Å². The van der Waals surface area contributed by atoms with Crippen molar-refractivity contribution in [3.05, 3.63) is 35.3 Å². The molecule has 0 N–H and O–H groups in total. The number of nitrogens with zero attached hydrogens (tertiary/aromatic N) is 1. The van der Waals surface area contributed by atoms with E-state index in [9.17, 15) is 0 Å². The number of hydrogen-bond acceptors (Lipinski definition) is 4. The zero-order valence-corrected chi connectivity index (χ0v) is 15.3. The van der Waals surface area contributed by atoms with Crippen molar-refractivity contribution in [2.45, 2.75) is 49.5 Å². The molecular weight excluding hydrogens is 318 g/mol. The molecular formula is C20H29NO2S. The van der Waals surface area contributed by atoms with Crippen LogP contribution in [0.3, 0.4) is 0 Å². The first kappa shape index (κ1) is 16.9. The minimum Gasteiger partial charge on any atom is -0.379 e. The lowest BCUT2D eigenvalue weighted by atomic mass is 9.90. The Kier molecular flexibility index (Phi) is 5.79. The Balaban J connectivity index is 1.28. The lowest BCUT2D eigenvalue weighted by Gasteiger charge is -2.41. The van der Waals surface area contributed by atoms with Crippen molar-refractivity contribution >= 4 is 11.8 Å². The highest BCUT2D eigenvalue weighted by Crippen LogP contribution is 2.40. The fourth-order valence-corrected chi connectivity index (χ4v) is 5.67. The molecule has 4 heteroatoms. The third kappa shape index (κ3) is 3.82. The van der Waals surface area contributed by atoms with E-state index in [1.165, 1.54) is 25.7 Å². The summed E-state index contributed by atoms with van der Waals surface area (Å²) in [5.74, 6) is 0.602. The van der Waals surface area contributed by atoms with E-state index in [1.54, 1.807) is 5.57 Å². The average Bonchev–Trinajstić information content (AvgIpc) is 3.06. The molecule has 132 valence electrons. The lowest BCUT2D eigenvalue weighted by molar-refractivity contribution is -0.0648. The molecule has 2 aliphatic carbocycles. The molecule has 1 saturated heterocycles. The monoisotopic (exact) mass is 347 g/mol. The van der Waals surface area contributed by atoms with Gasteiger partial charge in [-0.05, 0) is 24.7 Å². The molecule has 0 aromatic carbocycles. The summed E-state index contributed by atoms with van der Waals surface area (Å²) in [6.07, 6.45) is 15.7. The second-order valence-electron chi connectivity index (χ2n) is 7.25. The first-order chi connectivity index (χ1) is 11.9. The van der Waals surface area contributed by atoms with E-state index in [2.05, 4.69) is 34.6 Å². The average molecular weight is 348 g/mol. The topological polar surface area (TPSA) is 21.7 Å². The summed E-state index contributed by atoms with van der Waals surface area (Å²) in [5, 5.41) is 3.00. The molecule has 4 atom stereocenters. The summed E-state index contributed by atoms with van der Waals surface area (Å²) in [4.78, 5) is 2.61. The largest absolute Gasteiger partial charge is 0.379 e. The molecule has 3 unspecified atom stereocenters. The van der Waals surface area contributed by atoms with Gasteiger partial charge in [0.1, 0.15) is 0 Å². The predicted octanol–water partition coefficient (Wildman–Crippen LogP) is 3.78. The van der Waals surface area contributed by atoms with Crippen LogP contribution in [0.5, 0.6) is 0 Å². The highest BCUT2D eigenvalue weighted by atomic mass is 32.2. The van der Waals surface area contributed by atoms with E-state index in [1.807, 2.05) is 11.8 Å². The summed E-state index contributed by atoms with van der Waals surface area (Å²) in [7, 11) is 0. The number of ether oxygens (including phenoxy) is 2. The Labute approximate surface area is 150 Å². The number of allylic oxidation sites excluding steroid dienone is 3. The molecule has 0 bridgehead atoms. The van der Waals surface area contributed by atoms with Crippen LogP contribution in [0.1, 0.15) is 32.1 Å². The van der Waals surface area contributed by atoms with Crippen molar-refractivity contribution in [3.63, 3.8) is 0 Å². The highest BCUT2D eigenvalue weighted by molar-refractivity contribution is 8.03. The molecule has 4 rings (SSSR count). The van der Waals surface area contributed by atoms with Crippen molar-refractivity contribution in [2.24, 2.45) is 5.92 Å². The van der Waals surface area contributed by atoms with Gasteiger partial charge in [-0.25, -0.2) is 0 Å². The molecule has 2 heterocycles. The number of fused-ring (bicyclic) bond motifs is 1. The SMILES string of the molecule is C1=CC2SC=C(CCO[C@H]3CCCCC3N3CCOCC3)C2C=C1. The fraction of sp³-hybridized carbons (Fsp3) is 0.700. The molecule has 0 radical (unpaired) electrons. The zero-order valence-electron chi connectivity index (χ0n) is 14.4. The van der Waals surface area contributed by atoms with Crippen LogP contribution in [0.15, 0.2) is 35.3 Å². The predicted molar refractivity (Wildman–Crippen MR) is 100 cm³/mol. The molecule has 2 aliphatic heterocycles. The molecule has 3 nitrogen and oxygen atoms in total. The Morgan fingerprint density at radius 2 is 1.96 bits per heavy atom. The standard InChI is InChI=1S/C20H29NO2S/c1-4-8-20-17(5-1)16(15-24-20)9-12-23-19-7-3-2-6-18(19)21-10-13-22-14-11-21/h1,4-5,8,15,17-20H,2-3,6-7,9-14H2/t17?,18?,19-,20?/m0/s1. The lowest BCUT2D eigenvalue weighted by Crippen LogP contribution is -2.51. The van der Waals surface area contributed by atoms with Gasteiger partial charge >= 0.3 is 0 Å². The van der Waals surface area contributed by atoms with Gasteiger partial charge in [0.05, 0.1) is 25.9 Å². The van der Waals surface area contributed by atoms with E-state index in [-0.39, 0.29) is 0 Å². The maximum atomic E-state index is 6.42. The van der Waals surface area contributed by atoms with Crippen LogP contribution in [0.25, 0.3) is 0 Å². The Hall–Kier alpha value is -0.550. The summed E-state index contributed by atoms with van der Waals surface area (Å²) in [5.41, 5.74) is 1.56. The first-order valence-electron chi connectivity index (χ1n) is 9.54.